The van der Waals surface area contributed by atoms with E-state index in [1.165, 1.54) is 37.4 Å². The largest absolute Gasteiger partial charge is 0.492 e. The van der Waals surface area contributed by atoms with Crippen molar-refractivity contribution in [3.63, 3.8) is 0 Å². The van der Waals surface area contributed by atoms with Crippen LogP contribution in [0, 0.1) is 5.82 Å². The topological polar surface area (TPSA) is 103 Å². The molecule has 0 bridgehead atoms. The highest BCUT2D eigenvalue weighted by Crippen LogP contribution is 2.40. The fourth-order valence-corrected chi connectivity index (χ4v) is 5.67. The van der Waals surface area contributed by atoms with Crippen molar-refractivity contribution in [2.45, 2.75) is 56.5 Å². The molecule has 3 heterocycles. The predicted octanol–water partition coefficient (Wildman–Crippen LogP) is 3.55. The molecule has 13 heteroatoms. The van der Waals surface area contributed by atoms with Gasteiger partial charge in [-0.05, 0) is 58.0 Å². The van der Waals surface area contributed by atoms with Crippen LogP contribution in [0.4, 0.5) is 36.3 Å². The smallest absolute Gasteiger partial charge is 0.342 e. The van der Waals surface area contributed by atoms with Gasteiger partial charge in [-0.25, -0.2) is 9.37 Å². The summed E-state index contributed by atoms with van der Waals surface area (Å²) in [6.45, 7) is 0.906. The maximum atomic E-state index is 15.5. The van der Waals surface area contributed by atoms with Gasteiger partial charge in [-0.2, -0.15) is 13.8 Å². The number of amides is 2. The number of hydrogen-bond acceptors (Lipinski definition) is 8. The minimum Gasteiger partial charge on any atom is -0.492 e. The number of methoxy groups -OCH3 is 1. The molecule has 40 heavy (non-hydrogen) atoms. The van der Waals surface area contributed by atoms with Gasteiger partial charge in [0.2, 0.25) is 5.95 Å². The summed E-state index contributed by atoms with van der Waals surface area (Å²) in [5.74, 6) is -6.29. The van der Waals surface area contributed by atoms with E-state index in [4.69, 9.17) is 4.74 Å². The molecule has 2 aliphatic heterocycles. The standard InChI is InChI=1S/C27H34F3N7O3/c1-35-12-10-16(11-13-35)32-24(38)18-8-9-19(22(40-3)21(18)28)33-26-31-14-20-23(34-26)37(17-6-4-5-7-17)15-27(29,30)25(39)36(20)2/h8-9,14,16-17H,4-7,10-13,15H2,1-3H3,(H,32,38)(H,31,33,34). The van der Waals surface area contributed by atoms with Crippen LogP contribution in [0.2, 0.25) is 0 Å². The minimum absolute atomic E-state index is 0.00837. The molecule has 1 aromatic heterocycles. The van der Waals surface area contributed by atoms with Gasteiger partial charge in [-0.15, -0.1) is 0 Å². The third kappa shape index (κ3) is 5.38. The predicted molar refractivity (Wildman–Crippen MR) is 144 cm³/mol. The Morgan fingerprint density at radius 1 is 1.12 bits per heavy atom. The van der Waals surface area contributed by atoms with Crippen LogP contribution in [0.1, 0.15) is 48.9 Å². The molecule has 5 rings (SSSR count). The van der Waals surface area contributed by atoms with E-state index >= 15 is 4.39 Å². The number of aromatic nitrogens is 2. The number of anilines is 4. The zero-order valence-corrected chi connectivity index (χ0v) is 22.8. The van der Waals surface area contributed by atoms with Crippen molar-refractivity contribution in [2.24, 2.45) is 0 Å². The first-order valence-electron chi connectivity index (χ1n) is 13.5. The molecule has 0 radical (unpaired) electrons. The Bertz CT molecular complexity index is 1280. The van der Waals surface area contributed by atoms with Gasteiger partial charge in [0, 0.05) is 19.1 Å². The maximum absolute atomic E-state index is 15.5. The van der Waals surface area contributed by atoms with Gasteiger partial charge in [0.1, 0.15) is 5.69 Å². The Morgan fingerprint density at radius 3 is 2.50 bits per heavy atom. The lowest BCUT2D eigenvalue weighted by atomic mass is 10.0. The van der Waals surface area contributed by atoms with E-state index in [1.807, 2.05) is 7.05 Å². The Labute approximate surface area is 230 Å². The zero-order chi connectivity index (χ0) is 28.6. The van der Waals surface area contributed by atoms with E-state index < -0.39 is 30.1 Å². The van der Waals surface area contributed by atoms with Crippen LogP contribution in [0.25, 0.3) is 0 Å². The maximum Gasteiger partial charge on any atom is 0.342 e. The van der Waals surface area contributed by atoms with Gasteiger partial charge in [-0.1, -0.05) is 12.8 Å². The van der Waals surface area contributed by atoms with E-state index in [1.54, 1.807) is 0 Å². The van der Waals surface area contributed by atoms with Gasteiger partial charge in [0.25, 0.3) is 11.8 Å². The molecule has 1 aromatic carbocycles. The lowest BCUT2D eigenvalue weighted by Crippen LogP contribution is -2.48. The van der Waals surface area contributed by atoms with Crippen LogP contribution < -0.4 is 25.2 Å². The van der Waals surface area contributed by atoms with Crippen LogP contribution in [0.15, 0.2) is 18.3 Å². The number of carbonyl (C=O) groups excluding carboxylic acids is 2. The average molecular weight is 562 g/mol. The lowest BCUT2D eigenvalue weighted by Gasteiger charge is -2.31. The van der Waals surface area contributed by atoms with E-state index in [2.05, 4.69) is 25.5 Å². The summed E-state index contributed by atoms with van der Waals surface area (Å²) in [6, 6.07) is 2.60. The third-order valence-electron chi connectivity index (χ3n) is 7.98. The van der Waals surface area contributed by atoms with E-state index in [-0.39, 0.29) is 46.5 Å². The number of alkyl halides is 2. The monoisotopic (exact) mass is 561 g/mol. The quantitative estimate of drug-likeness (QED) is 0.552. The Hall–Kier alpha value is -3.61. The molecule has 0 spiro atoms. The summed E-state index contributed by atoms with van der Waals surface area (Å²) >= 11 is 0. The van der Waals surface area contributed by atoms with Crippen molar-refractivity contribution >= 4 is 35.0 Å². The molecule has 3 aliphatic rings. The van der Waals surface area contributed by atoms with Gasteiger partial charge in [-0.3, -0.25) is 9.59 Å². The number of carbonyl (C=O) groups is 2. The molecule has 1 saturated carbocycles. The molecule has 0 unspecified atom stereocenters. The Morgan fingerprint density at radius 2 is 1.82 bits per heavy atom. The second kappa shape index (κ2) is 11.1. The van der Waals surface area contributed by atoms with Crippen LogP contribution in [0.3, 0.4) is 0 Å². The van der Waals surface area contributed by atoms with Gasteiger partial charge >= 0.3 is 5.92 Å². The van der Waals surface area contributed by atoms with E-state index in [0.717, 1.165) is 43.7 Å². The van der Waals surface area contributed by atoms with Crippen LogP contribution in [-0.2, 0) is 4.79 Å². The molecule has 2 fully saturated rings. The molecular formula is C27H34F3N7O3. The average Bonchev–Trinajstić information content (AvgIpc) is 3.45. The van der Waals surface area contributed by atoms with Crippen molar-refractivity contribution in [1.82, 2.24) is 20.2 Å². The number of benzene rings is 1. The first-order chi connectivity index (χ1) is 19.1. The molecule has 0 atom stereocenters. The summed E-state index contributed by atoms with van der Waals surface area (Å²) < 4.78 is 50.5. The molecule has 216 valence electrons. The number of halogens is 3. The lowest BCUT2D eigenvalue weighted by molar-refractivity contribution is -0.140. The SMILES string of the molecule is COc1c(Nc2ncc3c(n2)N(C2CCCC2)CC(F)(F)C(=O)N3C)ccc(C(=O)NC2CCN(C)CC2)c1F. The molecule has 2 amide bonds. The fourth-order valence-electron chi connectivity index (χ4n) is 5.67. The van der Waals surface area contributed by atoms with Crippen LogP contribution >= 0.6 is 0 Å². The number of fused-ring (bicyclic) bond motifs is 1. The first kappa shape index (κ1) is 27.9. The van der Waals surface area contributed by atoms with Crippen molar-refractivity contribution in [2.75, 3.05) is 56.0 Å². The molecular weight excluding hydrogens is 527 g/mol. The summed E-state index contributed by atoms with van der Waals surface area (Å²) in [6.07, 6.45) is 6.08. The molecule has 2 N–H and O–H groups in total. The second-order valence-electron chi connectivity index (χ2n) is 10.7. The number of piperidine rings is 1. The number of hydrogen-bond donors (Lipinski definition) is 2. The van der Waals surface area contributed by atoms with Crippen LogP contribution in [-0.4, -0.2) is 85.5 Å². The number of nitrogens with zero attached hydrogens (tertiary/aromatic N) is 5. The zero-order valence-electron chi connectivity index (χ0n) is 22.8. The Balaban J connectivity index is 1.42. The molecule has 1 saturated heterocycles. The van der Waals surface area contributed by atoms with Gasteiger partial charge in [0.05, 0.1) is 31.1 Å². The highest BCUT2D eigenvalue weighted by atomic mass is 19.3. The molecule has 1 aliphatic carbocycles. The first-order valence-corrected chi connectivity index (χ1v) is 13.5. The normalized spacial score (nSPS) is 20.3. The van der Waals surface area contributed by atoms with E-state index in [0.29, 0.717) is 12.8 Å². The highest BCUT2D eigenvalue weighted by molar-refractivity contribution is 6.02. The Kier molecular flexibility index (Phi) is 7.76. The summed E-state index contributed by atoms with van der Waals surface area (Å²) in [7, 11) is 4.57. The number of rotatable bonds is 6. The highest BCUT2D eigenvalue weighted by Gasteiger charge is 2.48. The van der Waals surface area contributed by atoms with Crippen molar-refractivity contribution in [1.29, 1.82) is 0 Å². The number of likely N-dealkylation sites (tertiary alicyclic amines) is 1. The van der Waals surface area contributed by atoms with Crippen LogP contribution in [0.5, 0.6) is 5.75 Å². The second-order valence-corrected chi connectivity index (χ2v) is 10.7. The van der Waals surface area contributed by atoms with Crippen molar-refractivity contribution in [3.8, 4) is 5.75 Å². The fraction of sp³-hybridized carbons (Fsp3) is 0.556. The summed E-state index contributed by atoms with van der Waals surface area (Å²) in [4.78, 5) is 38.6. The van der Waals surface area contributed by atoms with Gasteiger partial charge < -0.3 is 30.1 Å². The molecule has 10 nitrogen and oxygen atoms in total. The van der Waals surface area contributed by atoms with Crippen molar-refractivity contribution < 1.29 is 27.5 Å². The third-order valence-corrected chi connectivity index (χ3v) is 7.98. The summed E-state index contributed by atoms with van der Waals surface area (Å²) in [5, 5.41) is 5.80. The minimum atomic E-state index is -3.60. The number of nitrogens with one attached hydrogen (secondary N) is 2. The van der Waals surface area contributed by atoms with E-state index in [9.17, 15) is 18.4 Å². The number of ether oxygens (including phenoxy) is 1. The summed E-state index contributed by atoms with van der Waals surface area (Å²) in [5.41, 5.74) is 0.171. The van der Waals surface area contributed by atoms with Crippen molar-refractivity contribution in [3.05, 3.63) is 29.7 Å². The van der Waals surface area contributed by atoms with Gasteiger partial charge in [0.15, 0.2) is 17.4 Å². The molecule has 2 aromatic rings.